The number of nitrogens with one attached hydrogen (secondary N) is 3. The maximum Gasteiger partial charge on any atom is 0.291 e. The van der Waals surface area contributed by atoms with Crippen LogP contribution in [-0.4, -0.2) is 50.7 Å². The Morgan fingerprint density at radius 2 is 1.69 bits per heavy atom. The quantitative estimate of drug-likeness (QED) is 0.319. The smallest absolute Gasteiger partial charge is 0.291 e. The van der Waals surface area contributed by atoms with Gasteiger partial charge in [0.05, 0.1) is 17.9 Å². The first kappa shape index (κ1) is 23.3. The van der Waals surface area contributed by atoms with Gasteiger partial charge in [-0.2, -0.15) is 8.42 Å². The lowest BCUT2D eigenvalue weighted by atomic mass is 10.1. The van der Waals surface area contributed by atoms with Gasteiger partial charge in [0, 0.05) is 19.2 Å². The lowest BCUT2D eigenvalue weighted by molar-refractivity contribution is 0.0937. The van der Waals surface area contributed by atoms with Crippen molar-refractivity contribution in [3.8, 4) is 0 Å². The van der Waals surface area contributed by atoms with E-state index in [0.29, 0.717) is 23.5 Å². The van der Waals surface area contributed by atoms with Crippen molar-refractivity contribution in [2.75, 3.05) is 30.3 Å². The SMILES string of the molecule is COCCNC(=O)c1ccccc1NS(=O)(=O)c1nnc(NC(=O)c2ccccc2C)s1. The Bertz CT molecular complexity index is 1230. The van der Waals surface area contributed by atoms with Crippen LogP contribution in [0.5, 0.6) is 0 Å². The highest BCUT2D eigenvalue weighted by molar-refractivity contribution is 7.94. The number of hydrogen-bond acceptors (Lipinski definition) is 8. The number of hydrogen-bond donors (Lipinski definition) is 3. The number of amides is 2. The van der Waals surface area contributed by atoms with Crippen molar-refractivity contribution in [2.45, 2.75) is 11.3 Å². The number of sulfonamides is 1. The molecule has 2 aromatic carbocycles. The monoisotopic (exact) mass is 475 g/mol. The largest absolute Gasteiger partial charge is 0.383 e. The van der Waals surface area contributed by atoms with E-state index in [2.05, 4.69) is 25.6 Å². The summed E-state index contributed by atoms with van der Waals surface area (Å²) >= 11 is 0.697. The molecule has 0 aliphatic heterocycles. The molecule has 0 saturated heterocycles. The van der Waals surface area contributed by atoms with Crippen molar-refractivity contribution in [1.29, 1.82) is 0 Å². The van der Waals surface area contributed by atoms with Gasteiger partial charge in [-0.3, -0.25) is 19.6 Å². The summed E-state index contributed by atoms with van der Waals surface area (Å²) in [6.45, 7) is 2.38. The van der Waals surface area contributed by atoms with Gasteiger partial charge in [0.1, 0.15) is 0 Å². The van der Waals surface area contributed by atoms with Gasteiger partial charge in [0.15, 0.2) is 0 Å². The molecule has 2 amide bonds. The second-order valence-corrected chi connectivity index (χ2v) is 9.38. The molecule has 0 radical (unpaired) electrons. The molecule has 1 aromatic heterocycles. The third-order valence-corrected chi connectivity index (χ3v) is 6.83. The highest BCUT2D eigenvalue weighted by atomic mass is 32.2. The number of aromatic nitrogens is 2. The molecule has 0 aliphatic carbocycles. The normalized spacial score (nSPS) is 11.1. The number of ether oxygens (including phenoxy) is 1. The summed E-state index contributed by atoms with van der Waals surface area (Å²) in [6, 6.07) is 13.1. The van der Waals surface area contributed by atoms with Gasteiger partial charge < -0.3 is 10.1 Å². The first-order valence-corrected chi connectivity index (χ1v) is 11.7. The van der Waals surface area contributed by atoms with Crippen LogP contribution in [-0.2, 0) is 14.8 Å². The Balaban J connectivity index is 1.75. The van der Waals surface area contributed by atoms with Crippen molar-refractivity contribution in [3.63, 3.8) is 0 Å². The fraction of sp³-hybridized carbons (Fsp3) is 0.200. The lowest BCUT2D eigenvalue weighted by Gasteiger charge is -2.11. The summed E-state index contributed by atoms with van der Waals surface area (Å²) in [5.41, 5.74) is 1.44. The summed E-state index contributed by atoms with van der Waals surface area (Å²) in [5.74, 6) is -0.877. The molecule has 12 heteroatoms. The van der Waals surface area contributed by atoms with Gasteiger partial charge >= 0.3 is 0 Å². The maximum absolute atomic E-state index is 12.8. The summed E-state index contributed by atoms with van der Waals surface area (Å²) in [5, 5.41) is 12.6. The molecule has 0 aliphatic rings. The van der Waals surface area contributed by atoms with Crippen LogP contribution >= 0.6 is 11.3 Å². The maximum atomic E-state index is 12.8. The molecule has 168 valence electrons. The number of carbonyl (C=O) groups excluding carboxylic acids is 2. The lowest BCUT2D eigenvalue weighted by Crippen LogP contribution is -2.28. The molecule has 0 bridgehead atoms. The van der Waals surface area contributed by atoms with Crippen LogP contribution in [0.15, 0.2) is 52.9 Å². The number of aryl methyl sites for hydroxylation is 1. The summed E-state index contributed by atoms with van der Waals surface area (Å²) < 4.78 is 32.5. The van der Waals surface area contributed by atoms with E-state index in [1.165, 1.54) is 19.2 Å². The third kappa shape index (κ3) is 5.66. The standard InChI is InChI=1S/C20H21N5O5S2/c1-13-7-3-4-8-14(13)18(27)22-19-23-24-20(31-19)32(28,29)25-16-10-6-5-9-15(16)17(26)21-11-12-30-2/h3-10,25H,11-12H2,1-2H3,(H,21,26)(H,22,23,27). The van der Waals surface area contributed by atoms with E-state index in [4.69, 9.17) is 4.74 Å². The van der Waals surface area contributed by atoms with E-state index in [-0.39, 0.29) is 27.3 Å². The van der Waals surface area contributed by atoms with Crippen molar-refractivity contribution in [2.24, 2.45) is 0 Å². The van der Waals surface area contributed by atoms with Crippen LogP contribution in [0.1, 0.15) is 26.3 Å². The summed E-state index contributed by atoms with van der Waals surface area (Å²) in [7, 11) is -2.64. The van der Waals surface area contributed by atoms with Gasteiger partial charge in [-0.1, -0.05) is 41.7 Å². The highest BCUT2D eigenvalue weighted by Gasteiger charge is 2.23. The van der Waals surface area contributed by atoms with Crippen LogP contribution in [0.4, 0.5) is 10.8 Å². The van der Waals surface area contributed by atoms with E-state index >= 15 is 0 Å². The fourth-order valence-electron chi connectivity index (χ4n) is 2.68. The van der Waals surface area contributed by atoms with E-state index < -0.39 is 21.8 Å². The highest BCUT2D eigenvalue weighted by Crippen LogP contribution is 2.25. The van der Waals surface area contributed by atoms with Crippen molar-refractivity contribution in [1.82, 2.24) is 15.5 Å². The summed E-state index contributed by atoms with van der Waals surface area (Å²) in [6.07, 6.45) is 0. The Labute approximate surface area is 189 Å². The van der Waals surface area contributed by atoms with Crippen molar-refractivity contribution < 1.29 is 22.7 Å². The molecule has 3 N–H and O–H groups in total. The molecule has 32 heavy (non-hydrogen) atoms. The minimum absolute atomic E-state index is 0.0317. The van der Waals surface area contributed by atoms with E-state index in [0.717, 1.165) is 5.56 Å². The molecule has 1 heterocycles. The summed E-state index contributed by atoms with van der Waals surface area (Å²) in [4.78, 5) is 24.8. The first-order chi connectivity index (χ1) is 15.3. The molecule has 0 atom stereocenters. The number of methoxy groups -OCH3 is 1. The average Bonchev–Trinajstić information content (AvgIpc) is 3.24. The van der Waals surface area contributed by atoms with E-state index in [1.54, 1.807) is 37.3 Å². The Morgan fingerprint density at radius 1 is 1.00 bits per heavy atom. The zero-order chi connectivity index (χ0) is 23.1. The molecular formula is C20H21N5O5S2. The van der Waals surface area contributed by atoms with Gasteiger partial charge in [0.25, 0.3) is 26.2 Å². The third-order valence-electron chi connectivity index (χ3n) is 4.25. The van der Waals surface area contributed by atoms with Crippen LogP contribution in [0.25, 0.3) is 0 Å². The van der Waals surface area contributed by atoms with Crippen LogP contribution in [0.2, 0.25) is 0 Å². The number of benzene rings is 2. The topological polar surface area (TPSA) is 139 Å². The van der Waals surface area contributed by atoms with Gasteiger partial charge in [-0.25, -0.2) is 0 Å². The molecule has 0 saturated carbocycles. The zero-order valence-corrected chi connectivity index (χ0v) is 18.9. The second kappa shape index (κ2) is 10.3. The first-order valence-electron chi connectivity index (χ1n) is 9.41. The molecule has 0 unspecified atom stereocenters. The number of nitrogens with zero attached hydrogens (tertiary/aromatic N) is 2. The molecule has 3 aromatic rings. The minimum Gasteiger partial charge on any atom is -0.383 e. The predicted octanol–water partition coefficient (Wildman–Crippen LogP) is 2.28. The minimum atomic E-state index is -4.14. The molecule has 10 nitrogen and oxygen atoms in total. The Kier molecular flexibility index (Phi) is 7.51. The van der Waals surface area contributed by atoms with Gasteiger partial charge in [-0.15, -0.1) is 10.2 Å². The molecular weight excluding hydrogens is 454 g/mol. The van der Waals surface area contributed by atoms with Gasteiger partial charge in [-0.05, 0) is 30.7 Å². The fourth-order valence-corrected chi connectivity index (χ4v) is 4.66. The average molecular weight is 476 g/mol. The molecule has 3 rings (SSSR count). The molecule has 0 spiro atoms. The van der Waals surface area contributed by atoms with E-state index in [9.17, 15) is 18.0 Å². The molecule has 0 fully saturated rings. The number of para-hydroxylation sites is 1. The van der Waals surface area contributed by atoms with Crippen molar-refractivity contribution >= 4 is 44.0 Å². The van der Waals surface area contributed by atoms with Crippen molar-refractivity contribution in [3.05, 3.63) is 65.2 Å². The zero-order valence-electron chi connectivity index (χ0n) is 17.3. The number of carbonyl (C=O) groups is 2. The second-order valence-electron chi connectivity index (χ2n) is 6.54. The van der Waals surface area contributed by atoms with E-state index in [1.807, 2.05) is 6.07 Å². The van der Waals surface area contributed by atoms with Crippen LogP contribution in [0.3, 0.4) is 0 Å². The predicted molar refractivity (Wildman–Crippen MR) is 121 cm³/mol. The Morgan fingerprint density at radius 3 is 2.41 bits per heavy atom. The Hall–Kier alpha value is -3.35. The number of anilines is 2. The van der Waals surface area contributed by atoms with Gasteiger partial charge in [0.2, 0.25) is 5.13 Å². The van der Waals surface area contributed by atoms with Crippen LogP contribution < -0.4 is 15.4 Å². The van der Waals surface area contributed by atoms with Crippen LogP contribution in [0, 0.1) is 6.92 Å². The number of rotatable bonds is 9.